The molecule has 0 fully saturated rings. The second-order valence-electron chi connectivity index (χ2n) is 5.14. The fourth-order valence-electron chi connectivity index (χ4n) is 2.10. The maximum Gasteiger partial charge on any atom is 0.305 e. The van der Waals surface area contributed by atoms with Gasteiger partial charge in [-0.25, -0.2) is 0 Å². The van der Waals surface area contributed by atoms with Gasteiger partial charge >= 0.3 is 5.91 Å². The van der Waals surface area contributed by atoms with Crippen molar-refractivity contribution in [1.82, 2.24) is 15.8 Å². The summed E-state index contributed by atoms with van der Waals surface area (Å²) >= 11 is 5.77. The van der Waals surface area contributed by atoms with Crippen LogP contribution >= 0.6 is 11.6 Å². The monoisotopic (exact) mass is 349 g/mol. The van der Waals surface area contributed by atoms with E-state index in [9.17, 15) is 9.59 Å². The molecule has 0 radical (unpaired) electrons. The van der Waals surface area contributed by atoms with Gasteiger partial charge in [-0.15, -0.1) is 0 Å². The number of amides is 2. The molecule has 0 saturated heterocycles. The van der Waals surface area contributed by atoms with Crippen molar-refractivity contribution in [2.45, 2.75) is 20.4 Å². The summed E-state index contributed by atoms with van der Waals surface area (Å²) in [5.41, 5.74) is 5.05. The zero-order valence-electron chi connectivity index (χ0n) is 13.6. The Kier molecular flexibility index (Phi) is 6.40. The lowest BCUT2D eigenvalue weighted by atomic mass is 10.2. The van der Waals surface area contributed by atoms with Gasteiger partial charge in [-0.3, -0.25) is 25.3 Å². The van der Waals surface area contributed by atoms with Crippen LogP contribution in [0.5, 0.6) is 0 Å². The Morgan fingerprint density at radius 1 is 1.00 bits per heavy atom. The van der Waals surface area contributed by atoms with Crippen LogP contribution in [0.15, 0.2) is 40.8 Å². The fourth-order valence-corrected chi connectivity index (χ4v) is 2.23. The van der Waals surface area contributed by atoms with Crippen molar-refractivity contribution in [2.75, 3.05) is 13.1 Å². The topological polar surface area (TPSA) is 74.6 Å². The van der Waals surface area contributed by atoms with Crippen molar-refractivity contribution in [3.63, 3.8) is 0 Å². The molecule has 0 aliphatic rings. The van der Waals surface area contributed by atoms with E-state index in [1.54, 1.807) is 36.4 Å². The van der Waals surface area contributed by atoms with Gasteiger partial charge < -0.3 is 4.42 Å². The zero-order chi connectivity index (χ0) is 17.5. The second-order valence-corrected chi connectivity index (χ2v) is 5.58. The number of nitrogens with one attached hydrogen (secondary N) is 2. The highest BCUT2D eigenvalue weighted by atomic mass is 35.5. The van der Waals surface area contributed by atoms with E-state index >= 15 is 0 Å². The Bertz CT molecular complexity index is 693. The van der Waals surface area contributed by atoms with Crippen LogP contribution < -0.4 is 10.9 Å². The van der Waals surface area contributed by atoms with Crippen LogP contribution in [0.1, 0.15) is 40.5 Å². The lowest BCUT2D eigenvalue weighted by molar-refractivity contribution is 0.0829. The number of hydrazine groups is 1. The van der Waals surface area contributed by atoms with Gasteiger partial charge in [-0.05, 0) is 49.5 Å². The molecule has 24 heavy (non-hydrogen) atoms. The highest BCUT2D eigenvalue weighted by Crippen LogP contribution is 2.11. The molecule has 0 unspecified atom stereocenters. The summed E-state index contributed by atoms with van der Waals surface area (Å²) < 4.78 is 5.51. The van der Waals surface area contributed by atoms with Crippen molar-refractivity contribution in [3.05, 3.63) is 58.5 Å². The van der Waals surface area contributed by atoms with E-state index in [1.165, 1.54) is 0 Å². The minimum Gasteiger partial charge on any atom is -0.454 e. The van der Waals surface area contributed by atoms with Gasteiger partial charge in [-0.2, -0.15) is 0 Å². The number of carbonyl (C=O) groups excluding carboxylic acids is 2. The molecule has 0 aliphatic carbocycles. The number of hydrogen-bond donors (Lipinski definition) is 2. The van der Waals surface area contributed by atoms with Crippen LogP contribution in [0.25, 0.3) is 0 Å². The van der Waals surface area contributed by atoms with E-state index < -0.39 is 11.8 Å². The molecule has 2 amide bonds. The number of nitrogens with zero attached hydrogens (tertiary/aromatic N) is 1. The highest BCUT2D eigenvalue weighted by molar-refractivity contribution is 6.30. The largest absolute Gasteiger partial charge is 0.454 e. The first-order valence-corrected chi connectivity index (χ1v) is 8.08. The van der Waals surface area contributed by atoms with Gasteiger partial charge in [0.05, 0.1) is 6.54 Å². The first-order chi connectivity index (χ1) is 11.5. The van der Waals surface area contributed by atoms with Crippen LogP contribution in [-0.4, -0.2) is 29.8 Å². The first kappa shape index (κ1) is 18.0. The third-order valence-electron chi connectivity index (χ3n) is 3.56. The highest BCUT2D eigenvalue weighted by Gasteiger charge is 2.14. The van der Waals surface area contributed by atoms with Gasteiger partial charge in [0, 0.05) is 10.6 Å². The van der Waals surface area contributed by atoms with E-state index in [0.29, 0.717) is 22.9 Å². The third-order valence-corrected chi connectivity index (χ3v) is 3.81. The lowest BCUT2D eigenvalue weighted by Gasteiger charge is -2.15. The predicted octanol–water partition coefficient (Wildman–Crippen LogP) is 2.85. The van der Waals surface area contributed by atoms with E-state index in [2.05, 4.69) is 29.6 Å². The summed E-state index contributed by atoms with van der Waals surface area (Å²) in [7, 11) is 0. The smallest absolute Gasteiger partial charge is 0.305 e. The summed E-state index contributed by atoms with van der Waals surface area (Å²) in [6.45, 7) is 6.56. The van der Waals surface area contributed by atoms with E-state index in [1.807, 2.05) is 0 Å². The van der Waals surface area contributed by atoms with Crippen LogP contribution in [-0.2, 0) is 6.54 Å². The first-order valence-electron chi connectivity index (χ1n) is 7.70. The molecule has 1 aromatic heterocycles. The van der Waals surface area contributed by atoms with Crippen molar-refractivity contribution in [3.8, 4) is 0 Å². The summed E-state index contributed by atoms with van der Waals surface area (Å²) in [5.74, 6) is -0.0977. The minimum atomic E-state index is -0.511. The number of halogens is 1. The molecular weight excluding hydrogens is 330 g/mol. The van der Waals surface area contributed by atoms with Gasteiger partial charge in [0.25, 0.3) is 5.91 Å². The standard InChI is InChI=1S/C17H20ClN3O3/c1-3-21(4-2)11-14-9-10-15(24-14)17(23)20-19-16(22)12-5-7-13(18)8-6-12/h5-10H,3-4,11H2,1-2H3,(H,19,22)(H,20,23). The van der Waals surface area contributed by atoms with Gasteiger partial charge in [0.2, 0.25) is 0 Å². The zero-order valence-corrected chi connectivity index (χ0v) is 14.4. The Labute approximate surface area is 145 Å². The van der Waals surface area contributed by atoms with Gasteiger partial charge in [0.15, 0.2) is 5.76 Å². The number of benzene rings is 1. The van der Waals surface area contributed by atoms with E-state index in [-0.39, 0.29) is 5.76 Å². The second kappa shape index (κ2) is 8.52. The molecule has 6 nitrogen and oxygen atoms in total. The summed E-state index contributed by atoms with van der Waals surface area (Å²) in [4.78, 5) is 26.1. The third kappa shape index (κ3) is 4.84. The average Bonchev–Trinajstić information content (AvgIpc) is 3.06. The minimum absolute atomic E-state index is 0.147. The van der Waals surface area contributed by atoms with Crippen LogP contribution in [0.3, 0.4) is 0 Å². The molecule has 0 saturated carbocycles. The van der Waals surface area contributed by atoms with Crippen molar-refractivity contribution >= 4 is 23.4 Å². The van der Waals surface area contributed by atoms with Crippen molar-refractivity contribution in [2.24, 2.45) is 0 Å². The quantitative estimate of drug-likeness (QED) is 0.786. The molecule has 2 N–H and O–H groups in total. The summed E-state index contributed by atoms with van der Waals surface area (Å²) in [6, 6.07) is 9.68. The molecular formula is C17H20ClN3O3. The van der Waals surface area contributed by atoms with Crippen LogP contribution in [0.2, 0.25) is 5.02 Å². The average molecular weight is 350 g/mol. The predicted molar refractivity (Wildman–Crippen MR) is 91.7 cm³/mol. The Balaban J connectivity index is 1.89. The van der Waals surface area contributed by atoms with E-state index in [4.69, 9.17) is 16.0 Å². The number of carbonyl (C=O) groups is 2. The molecule has 2 rings (SSSR count). The Morgan fingerprint density at radius 3 is 2.25 bits per heavy atom. The van der Waals surface area contributed by atoms with Crippen molar-refractivity contribution < 1.29 is 14.0 Å². The molecule has 0 aliphatic heterocycles. The number of furan rings is 1. The van der Waals surface area contributed by atoms with Crippen LogP contribution in [0, 0.1) is 0 Å². The molecule has 128 valence electrons. The number of hydrogen-bond acceptors (Lipinski definition) is 4. The van der Waals surface area contributed by atoms with Crippen molar-refractivity contribution in [1.29, 1.82) is 0 Å². The molecule has 1 aromatic carbocycles. The lowest BCUT2D eigenvalue weighted by Crippen LogP contribution is -2.41. The van der Waals surface area contributed by atoms with E-state index in [0.717, 1.165) is 13.1 Å². The summed E-state index contributed by atoms with van der Waals surface area (Å²) in [5, 5.41) is 0.534. The fraction of sp³-hybridized carbons (Fsp3) is 0.294. The van der Waals surface area contributed by atoms with Gasteiger partial charge in [-0.1, -0.05) is 25.4 Å². The molecule has 0 spiro atoms. The van der Waals surface area contributed by atoms with Crippen LogP contribution in [0.4, 0.5) is 0 Å². The maximum atomic E-state index is 12.0. The number of rotatable bonds is 6. The molecule has 0 atom stereocenters. The normalized spacial score (nSPS) is 10.7. The summed E-state index contributed by atoms with van der Waals surface area (Å²) in [6.07, 6.45) is 0. The molecule has 2 aromatic rings. The van der Waals surface area contributed by atoms with Gasteiger partial charge in [0.1, 0.15) is 5.76 Å². The molecule has 1 heterocycles. The SMILES string of the molecule is CCN(CC)Cc1ccc(C(=O)NNC(=O)c2ccc(Cl)cc2)o1. The molecule has 7 heteroatoms. The molecule has 0 bridgehead atoms. The Hall–Kier alpha value is -2.31. The Morgan fingerprint density at radius 2 is 1.62 bits per heavy atom. The maximum absolute atomic E-state index is 12.0.